The average Bonchev–Trinajstić information content (AvgIpc) is 2.61. The van der Waals surface area contributed by atoms with Gasteiger partial charge in [-0.05, 0) is 12.1 Å². The normalized spacial score (nSPS) is 12.2. The fourth-order valence-electron chi connectivity index (χ4n) is 1.51. The number of aliphatic hydroxyl groups is 1. The van der Waals surface area contributed by atoms with E-state index in [1.54, 1.807) is 0 Å². The molecule has 0 saturated carbocycles. The van der Waals surface area contributed by atoms with Gasteiger partial charge in [-0.2, -0.15) is 0 Å². The third-order valence-electron chi connectivity index (χ3n) is 2.51. The molecule has 0 bridgehead atoms. The van der Waals surface area contributed by atoms with Crippen LogP contribution in [-0.2, 0) is 5.41 Å². The smallest absolute Gasteiger partial charge is 0.136 e. The topological polar surface area (TPSA) is 37.5 Å². The molecular formula is C11H14N2O. The average molecular weight is 190 g/mol. The van der Waals surface area contributed by atoms with Crippen LogP contribution in [0.4, 0.5) is 0 Å². The van der Waals surface area contributed by atoms with Crippen molar-refractivity contribution in [1.82, 2.24) is 9.38 Å². The summed E-state index contributed by atoms with van der Waals surface area (Å²) < 4.78 is 2.01. The first kappa shape index (κ1) is 9.21. The van der Waals surface area contributed by atoms with Gasteiger partial charge in [0.05, 0.1) is 12.3 Å². The van der Waals surface area contributed by atoms with Crippen molar-refractivity contribution in [3.8, 4) is 0 Å². The second-order valence-electron chi connectivity index (χ2n) is 4.11. The van der Waals surface area contributed by atoms with Crippen molar-refractivity contribution in [2.24, 2.45) is 0 Å². The number of hydrogen-bond acceptors (Lipinski definition) is 2. The van der Waals surface area contributed by atoms with Gasteiger partial charge >= 0.3 is 0 Å². The Bertz CT molecular complexity index is 445. The van der Waals surface area contributed by atoms with Gasteiger partial charge in [-0.15, -0.1) is 0 Å². The first-order valence-corrected chi connectivity index (χ1v) is 4.68. The lowest BCUT2D eigenvalue weighted by molar-refractivity contribution is 0.214. The number of fused-ring (bicyclic) bond motifs is 1. The van der Waals surface area contributed by atoms with Gasteiger partial charge in [-0.1, -0.05) is 19.9 Å². The van der Waals surface area contributed by atoms with E-state index in [1.165, 1.54) is 0 Å². The summed E-state index contributed by atoms with van der Waals surface area (Å²) >= 11 is 0. The largest absolute Gasteiger partial charge is 0.395 e. The van der Waals surface area contributed by atoms with Crippen LogP contribution in [0.25, 0.3) is 5.65 Å². The van der Waals surface area contributed by atoms with Crippen molar-refractivity contribution in [3.05, 3.63) is 36.3 Å². The van der Waals surface area contributed by atoms with Gasteiger partial charge in [-0.25, -0.2) is 4.98 Å². The van der Waals surface area contributed by atoms with Crippen molar-refractivity contribution in [2.75, 3.05) is 6.61 Å². The van der Waals surface area contributed by atoms with Crippen molar-refractivity contribution in [2.45, 2.75) is 19.3 Å². The maximum Gasteiger partial charge on any atom is 0.136 e. The van der Waals surface area contributed by atoms with Crippen LogP contribution in [0.2, 0.25) is 0 Å². The van der Waals surface area contributed by atoms with Crippen molar-refractivity contribution >= 4 is 5.65 Å². The molecule has 3 nitrogen and oxygen atoms in total. The van der Waals surface area contributed by atoms with Crippen LogP contribution in [0.15, 0.2) is 30.6 Å². The Morgan fingerprint density at radius 1 is 1.43 bits per heavy atom. The number of imidazole rings is 1. The monoisotopic (exact) mass is 190 g/mol. The van der Waals surface area contributed by atoms with Gasteiger partial charge in [0.15, 0.2) is 0 Å². The Morgan fingerprint density at radius 3 is 2.93 bits per heavy atom. The fraction of sp³-hybridized carbons (Fsp3) is 0.364. The fourth-order valence-corrected chi connectivity index (χ4v) is 1.51. The van der Waals surface area contributed by atoms with E-state index >= 15 is 0 Å². The predicted octanol–water partition coefficient (Wildman–Crippen LogP) is 1.60. The zero-order valence-corrected chi connectivity index (χ0v) is 8.44. The van der Waals surface area contributed by atoms with Gasteiger partial charge in [0.2, 0.25) is 0 Å². The molecule has 3 heteroatoms. The highest BCUT2D eigenvalue weighted by molar-refractivity contribution is 5.41. The summed E-state index contributed by atoms with van der Waals surface area (Å²) in [5, 5.41) is 9.28. The van der Waals surface area contributed by atoms with Crippen LogP contribution >= 0.6 is 0 Å². The van der Waals surface area contributed by atoms with E-state index in [0.717, 1.165) is 11.3 Å². The van der Waals surface area contributed by atoms with E-state index in [4.69, 9.17) is 0 Å². The molecule has 2 aromatic rings. The lowest BCUT2D eigenvalue weighted by Gasteiger charge is -2.20. The molecule has 2 heterocycles. The molecule has 0 unspecified atom stereocenters. The lowest BCUT2D eigenvalue weighted by atomic mass is 9.91. The van der Waals surface area contributed by atoms with Crippen molar-refractivity contribution < 1.29 is 5.11 Å². The van der Waals surface area contributed by atoms with Crippen LogP contribution in [0, 0.1) is 0 Å². The Kier molecular flexibility index (Phi) is 2.04. The molecule has 0 saturated heterocycles. The minimum atomic E-state index is -0.249. The van der Waals surface area contributed by atoms with Gasteiger partial charge in [-0.3, -0.25) is 0 Å². The maximum atomic E-state index is 9.28. The number of aromatic nitrogens is 2. The Hall–Kier alpha value is -1.35. The summed E-state index contributed by atoms with van der Waals surface area (Å²) in [7, 11) is 0. The second-order valence-corrected chi connectivity index (χ2v) is 4.11. The molecule has 1 N–H and O–H groups in total. The zero-order chi connectivity index (χ0) is 10.2. The number of rotatable bonds is 2. The minimum Gasteiger partial charge on any atom is -0.395 e. The summed E-state index contributed by atoms with van der Waals surface area (Å²) in [6, 6.07) is 5.88. The molecule has 0 atom stereocenters. The standard InChI is InChI=1S/C11H14N2O/c1-11(2,8-14)9-7-12-10-5-3-4-6-13(9)10/h3-7,14H,8H2,1-2H3. The molecule has 0 aliphatic heterocycles. The number of nitrogens with zero attached hydrogens (tertiary/aromatic N) is 2. The van der Waals surface area contributed by atoms with Crippen molar-refractivity contribution in [3.63, 3.8) is 0 Å². The third-order valence-corrected chi connectivity index (χ3v) is 2.51. The molecule has 74 valence electrons. The number of hydrogen-bond donors (Lipinski definition) is 1. The Labute approximate surface area is 83.0 Å². The van der Waals surface area contributed by atoms with Gasteiger partial charge in [0.25, 0.3) is 0 Å². The molecular weight excluding hydrogens is 176 g/mol. The lowest BCUT2D eigenvalue weighted by Crippen LogP contribution is -2.23. The van der Waals surface area contributed by atoms with Crippen LogP contribution in [0.5, 0.6) is 0 Å². The first-order valence-electron chi connectivity index (χ1n) is 4.68. The van der Waals surface area contributed by atoms with Gasteiger partial charge in [0.1, 0.15) is 5.65 Å². The molecule has 0 aromatic carbocycles. The van der Waals surface area contributed by atoms with E-state index in [2.05, 4.69) is 4.98 Å². The molecule has 2 aromatic heterocycles. The quantitative estimate of drug-likeness (QED) is 0.781. The highest BCUT2D eigenvalue weighted by Gasteiger charge is 2.23. The first-order chi connectivity index (χ1) is 6.65. The molecule has 2 rings (SSSR count). The van der Waals surface area contributed by atoms with Crippen molar-refractivity contribution in [1.29, 1.82) is 0 Å². The van der Waals surface area contributed by atoms with Gasteiger partial charge in [0, 0.05) is 17.8 Å². The summed E-state index contributed by atoms with van der Waals surface area (Å²) in [4.78, 5) is 4.28. The summed E-state index contributed by atoms with van der Waals surface area (Å²) in [5.74, 6) is 0. The molecule has 14 heavy (non-hydrogen) atoms. The Balaban J connectivity index is 2.64. The number of pyridine rings is 1. The highest BCUT2D eigenvalue weighted by Crippen LogP contribution is 2.22. The molecule has 0 aliphatic carbocycles. The Morgan fingerprint density at radius 2 is 2.21 bits per heavy atom. The van der Waals surface area contributed by atoms with E-state index in [0.29, 0.717) is 0 Å². The summed E-state index contributed by atoms with van der Waals surface area (Å²) in [5.41, 5.74) is 1.71. The molecule has 0 radical (unpaired) electrons. The van der Waals surface area contributed by atoms with E-state index < -0.39 is 0 Å². The third kappa shape index (κ3) is 1.30. The maximum absolute atomic E-state index is 9.28. The SMILES string of the molecule is CC(C)(CO)c1cnc2ccccn12. The van der Waals surface area contributed by atoms with Crippen LogP contribution in [-0.4, -0.2) is 21.1 Å². The summed E-state index contributed by atoms with van der Waals surface area (Å²) in [6.45, 7) is 4.13. The van der Waals surface area contributed by atoms with E-state index in [9.17, 15) is 5.11 Å². The molecule has 0 spiro atoms. The van der Waals surface area contributed by atoms with E-state index in [-0.39, 0.29) is 12.0 Å². The number of aliphatic hydroxyl groups excluding tert-OH is 1. The minimum absolute atomic E-state index is 0.121. The zero-order valence-electron chi connectivity index (χ0n) is 8.44. The predicted molar refractivity (Wildman–Crippen MR) is 55.3 cm³/mol. The van der Waals surface area contributed by atoms with E-state index in [1.807, 2.05) is 48.8 Å². The molecule has 0 amide bonds. The van der Waals surface area contributed by atoms with Crippen LogP contribution in [0.3, 0.4) is 0 Å². The molecule has 0 aliphatic rings. The van der Waals surface area contributed by atoms with Crippen LogP contribution in [0.1, 0.15) is 19.5 Å². The molecule has 0 fully saturated rings. The highest BCUT2D eigenvalue weighted by atomic mass is 16.3. The van der Waals surface area contributed by atoms with Crippen LogP contribution < -0.4 is 0 Å². The second kappa shape index (κ2) is 3.10. The summed E-state index contributed by atoms with van der Waals surface area (Å²) in [6.07, 6.45) is 3.79. The van der Waals surface area contributed by atoms with Gasteiger partial charge < -0.3 is 9.51 Å².